The van der Waals surface area contributed by atoms with Crippen LogP contribution < -0.4 is 9.47 Å². The van der Waals surface area contributed by atoms with Gasteiger partial charge < -0.3 is 19.3 Å². The van der Waals surface area contributed by atoms with Crippen molar-refractivity contribution in [2.75, 3.05) is 39.9 Å². The quantitative estimate of drug-likeness (QED) is 0.588. The van der Waals surface area contributed by atoms with E-state index in [4.69, 9.17) is 9.47 Å². The van der Waals surface area contributed by atoms with Crippen LogP contribution in [0.1, 0.15) is 51.5 Å². The van der Waals surface area contributed by atoms with Gasteiger partial charge in [0, 0.05) is 38.7 Å². The summed E-state index contributed by atoms with van der Waals surface area (Å²) in [5, 5.41) is 0. The van der Waals surface area contributed by atoms with Crippen LogP contribution in [0, 0.1) is 11.8 Å². The number of amides is 2. The molecule has 31 heavy (non-hydrogen) atoms. The van der Waals surface area contributed by atoms with Crippen molar-refractivity contribution < 1.29 is 19.1 Å². The molecule has 1 aliphatic carbocycles. The van der Waals surface area contributed by atoms with Crippen LogP contribution in [0.4, 0.5) is 0 Å². The number of carbonyl (C=O) groups excluding carboxylic acids is 2. The van der Waals surface area contributed by atoms with Crippen molar-refractivity contribution >= 4 is 17.9 Å². The van der Waals surface area contributed by atoms with Crippen molar-refractivity contribution in [2.45, 2.75) is 46.0 Å². The average Bonchev–Trinajstić information content (AvgIpc) is 3.29. The molecule has 2 aliphatic rings. The van der Waals surface area contributed by atoms with Crippen LogP contribution in [-0.2, 0) is 9.59 Å². The fourth-order valence-corrected chi connectivity index (χ4v) is 4.20. The number of hydrogen-bond acceptors (Lipinski definition) is 4. The van der Waals surface area contributed by atoms with Crippen molar-refractivity contribution in [1.82, 2.24) is 9.80 Å². The molecule has 6 heteroatoms. The Balaban J connectivity index is 1.49. The Kier molecular flexibility index (Phi) is 8.38. The lowest BCUT2D eigenvalue weighted by atomic mass is 10.0. The normalized spacial score (nSPS) is 17.5. The maximum atomic E-state index is 12.6. The van der Waals surface area contributed by atoms with Gasteiger partial charge in [-0.15, -0.1) is 0 Å². The molecule has 3 rings (SSSR count). The van der Waals surface area contributed by atoms with Crippen molar-refractivity contribution in [3.8, 4) is 11.5 Å². The molecule has 0 atom stereocenters. The second-order valence-electron chi connectivity index (χ2n) is 9.01. The molecule has 2 amide bonds. The van der Waals surface area contributed by atoms with Crippen LogP contribution in [0.5, 0.6) is 11.5 Å². The fourth-order valence-electron chi connectivity index (χ4n) is 4.20. The minimum absolute atomic E-state index is 0.0259. The van der Waals surface area contributed by atoms with Gasteiger partial charge in [-0.3, -0.25) is 9.59 Å². The summed E-state index contributed by atoms with van der Waals surface area (Å²) < 4.78 is 11.2. The lowest BCUT2D eigenvalue weighted by molar-refractivity contribution is -0.137. The van der Waals surface area contributed by atoms with Gasteiger partial charge in [0.1, 0.15) is 0 Å². The summed E-state index contributed by atoms with van der Waals surface area (Å²) in [5.74, 6) is 2.58. The van der Waals surface area contributed by atoms with Crippen molar-refractivity contribution in [3.05, 3.63) is 29.8 Å². The van der Waals surface area contributed by atoms with Crippen molar-refractivity contribution in [2.24, 2.45) is 11.8 Å². The third-order valence-electron chi connectivity index (χ3n) is 6.06. The Morgan fingerprint density at radius 1 is 1.06 bits per heavy atom. The predicted octanol–water partition coefficient (Wildman–Crippen LogP) is 3.99. The first-order valence-electron chi connectivity index (χ1n) is 11.5. The van der Waals surface area contributed by atoms with E-state index in [0.29, 0.717) is 62.5 Å². The zero-order valence-corrected chi connectivity index (χ0v) is 19.1. The molecule has 1 aliphatic heterocycles. The summed E-state index contributed by atoms with van der Waals surface area (Å²) in [5.41, 5.74) is 0.882. The van der Waals surface area contributed by atoms with E-state index in [1.165, 1.54) is 25.7 Å². The number of ether oxygens (including phenoxy) is 2. The minimum Gasteiger partial charge on any atom is -0.493 e. The lowest BCUT2D eigenvalue weighted by Gasteiger charge is -2.34. The van der Waals surface area contributed by atoms with Crippen LogP contribution in [0.3, 0.4) is 0 Å². The zero-order chi connectivity index (χ0) is 22.2. The van der Waals surface area contributed by atoms with Gasteiger partial charge in [-0.25, -0.2) is 0 Å². The Morgan fingerprint density at radius 3 is 2.39 bits per heavy atom. The summed E-state index contributed by atoms with van der Waals surface area (Å²) in [6.45, 7) is 7.25. The summed E-state index contributed by atoms with van der Waals surface area (Å²) >= 11 is 0. The number of piperazine rings is 1. The van der Waals surface area contributed by atoms with Crippen LogP contribution >= 0.6 is 0 Å². The number of rotatable bonds is 8. The van der Waals surface area contributed by atoms with E-state index in [9.17, 15) is 9.59 Å². The number of methoxy groups -OCH3 is 1. The largest absolute Gasteiger partial charge is 0.493 e. The van der Waals surface area contributed by atoms with Gasteiger partial charge in [-0.1, -0.05) is 32.8 Å². The Labute approximate surface area is 186 Å². The molecule has 6 nitrogen and oxygen atoms in total. The monoisotopic (exact) mass is 428 g/mol. The van der Waals surface area contributed by atoms with Gasteiger partial charge >= 0.3 is 0 Å². The summed E-state index contributed by atoms with van der Waals surface area (Å²) in [6.07, 6.45) is 8.95. The van der Waals surface area contributed by atoms with Crippen LogP contribution in [0.15, 0.2) is 24.3 Å². The van der Waals surface area contributed by atoms with E-state index >= 15 is 0 Å². The molecular formula is C25H36N2O4. The third-order valence-corrected chi connectivity index (χ3v) is 6.06. The van der Waals surface area contributed by atoms with Crippen LogP contribution in [0.25, 0.3) is 6.08 Å². The Morgan fingerprint density at radius 2 is 1.74 bits per heavy atom. The SMILES string of the molecule is COc1cc(/C=C/C(=O)N2CCN(C(=O)CC3CCCC3)CC2)ccc1OCC(C)C. The maximum absolute atomic E-state index is 12.6. The van der Waals surface area contributed by atoms with Gasteiger partial charge in [-0.05, 0) is 48.4 Å². The van der Waals surface area contributed by atoms with Crippen molar-refractivity contribution in [1.29, 1.82) is 0 Å². The van der Waals surface area contributed by atoms with E-state index in [1.54, 1.807) is 19.3 Å². The highest BCUT2D eigenvalue weighted by Gasteiger charge is 2.26. The van der Waals surface area contributed by atoms with Gasteiger partial charge in [0.05, 0.1) is 13.7 Å². The molecule has 2 fully saturated rings. The second kappa shape index (κ2) is 11.2. The Bertz CT molecular complexity index is 776. The smallest absolute Gasteiger partial charge is 0.246 e. The first-order valence-corrected chi connectivity index (χ1v) is 11.5. The number of carbonyl (C=O) groups is 2. The van der Waals surface area contributed by atoms with E-state index in [-0.39, 0.29) is 11.8 Å². The summed E-state index contributed by atoms with van der Waals surface area (Å²) in [4.78, 5) is 28.8. The topological polar surface area (TPSA) is 59.1 Å². The second-order valence-corrected chi connectivity index (χ2v) is 9.01. The molecule has 170 valence electrons. The van der Waals surface area contributed by atoms with E-state index in [1.807, 2.05) is 28.0 Å². The third kappa shape index (κ3) is 6.74. The molecule has 0 spiro atoms. The molecule has 1 aromatic carbocycles. The lowest BCUT2D eigenvalue weighted by Crippen LogP contribution is -2.50. The van der Waals surface area contributed by atoms with Crippen molar-refractivity contribution in [3.63, 3.8) is 0 Å². The first-order chi connectivity index (χ1) is 15.0. The summed E-state index contributed by atoms with van der Waals surface area (Å²) in [7, 11) is 1.61. The van der Waals surface area contributed by atoms with Gasteiger partial charge in [0.25, 0.3) is 0 Å². The summed E-state index contributed by atoms with van der Waals surface area (Å²) in [6, 6.07) is 5.67. The predicted molar refractivity (Wildman–Crippen MR) is 122 cm³/mol. The van der Waals surface area contributed by atoms with E-state index in [0.717, 1.165) is 5.56 Å². The van der Waals surface area contributed by atoms with Gasteiger partial charge in [0.15, 0.2) is 11.5 Å². The first kappa shape index (κ1) is 23.2. The molecule has 1 heterocycles. The van der Waals surface area contributed by atoms with Gasteiger partial charge in [0.2, 0.25) is 11.8 Å². The highest BCUT2D eigenvalue weighted by Crippen LogP contribution is 2.29. The Hall–Kier alpha value is -2.50. The highest BCUT2D eigenvalue weighted by atomic mass is 16.5. The molecule has 1 saturated heterocycles. The molecule has 1 saturated carbocycles. The molecular weight excluding hydrogens is 392 g/mol. The minimum atomic E-state index is -0.0259. The number of hydrogen-bond donors (Lipinski definition) is 0. The molecule has 0 N–H and O–H groups in total. The number of nitrogens with zero attached hydrogens (tertiary/aromatic N) is 2. The standard InChI is InChI=1S/C25H36N2O4/c1-19(2)18-31-22-10-8-21(16-23(22)30-3)9-11-24(28)26-12-14-27(15-13-26)25(29)17-20-6-4-5-7-20/h8-11,16,19-20H,4-7,12-15,17-18H2,1-3H3/b11-9+. The molecule has 0 radical (unpaired) electrons. The van der Waals surface area contributed by atoms with E-state index in [2.05, 4.69) is 13.8 Å². The molecule has 0 bridgehead atoms. The van der Waals surface area contributed by atoms with Crippen LogP contribution in [0.2, 0.25) is 0 Å². The van der Waals surface area contributed by atoms with Gasteiger partial charge in [-0.2, -0.15) is 0 Å². The highest BCUT2D eigenvalue weighted by molar-refractivity contribution is 5.92. The van der Waals surface area contributed by atoms with Crippen LogP contribution in [-0.4, -0.2) is 61.5 Å². The molecule has 0 aromatic heterocycles. The molecule has 0 unspecified atom stereocenters. The zero-order valence-electron chi connectivity index (χ0n) is 19.1. The maximum Gasteiger partial charge on any atom is 0.246 e. The average molecular weight is 429 g/mol. The molecule has 1 aromatic rings. The van der Waals surface area contributed by atoms with E-state index < -0.39 is 0 Å². The fraction of sp³-hybridized carbons (Fsp3) is 0.600. The number of benzene rings is 1.